The number of piperazine rings is 1. The summed E-state index contributed by atoms with van der Waals surface area (Å²) in [6, 6.07) is 16.6. The lowest BCUT2D eigenvalue weighted by molar-refractivity contribution is -0.133. The van der Waals surface area contributed by atoms with Crippen molar-refractivity contribution in [3.8, 4) is 11.1 Å². The quantitative estimate of drug-likeness (QED) is 0.406. The van der Waals surface area contributed by atoms with E-state index in [1.54, 1.807) is 4.67 Å². The van der Waals surface area contributed by atoms with Crippen LogP contribution in [0, 0.1) is 0 Å². The molecule has 1 aliphatic carbocycles. The van der Waals surface area contributed by atoms with Crippen molar-refractivity contribution in [1.82, 2.24) is 19.1 Å². The summed E-state index contributed by atoms with van der Waals surface area (Å²) >= 11 is 0. The Morgan fingerprint density at radius 1 is 1.03 bits per heavy atom. The SMILES string of the molecule is BC1CN(C)CC(COCP(=O)(N(C)C)N2CCN(C(=O)C3c4ccccc4-c4ccccc43)CC2)O1. The highest BCUT2D eigenvalue weighted by Gasteiger charge is 2.40. The van der Waals surface area contributed by atoms with Crippen LogP contribution >= 0.6 is 7.44 Å². The molecule has 0 spiro atoms. The zero-order valence-electron chi connectivity index (χ0n) is 22.4. The van der Waals surface area contributed by atoms with Gasteiger partial charge < -0.3 is 19.3 Å². The van der Waals surface area contributed by atoms with Crippen LogP contribution in [0.2, 0.25) is 0 Å². The second kappa shape index (κ2) is 11.0. The molecule has 2 aliphatic heterocycles. The fraction of sp³-hybridized carbons (Fsp3) is 0.519. The maximum atomic E-state index is 14.1. The third kappa shape index (κ3) is 5.31. The van der Waals surface area contributed by atoms with Crippen LogP contribution in [-0.4, -0.2) is 118 Å². The molecule has 0 bridgehead atoms. The predicted octanol–water partition coefficient (Wildman–Crippen LogP) is 1.96. The average Bonchev–Trinajstić information content (AvgIpc) is 3.22. The first-order valence-electron chi connectivity index (χ1n) is 13.2. The van der Waals surface area contributed by atoms with Gasteiger partial charge in [-0.05, 0) is 43.4 Å². The molecule has 2 fully saturated rings. The van der Waals surface area contributed by atoms with E-state index in [0.717, 1.165) is 35.3 Å². The van der Waals surface area contributed by atoms with Crippen molar-refractivity contribution < 1.29 is 18.8 Å². The number of nitrogens with zero attached hydrogens (tertiary/aromatic N) is 4. The van der Waals surface area contributed by atoms with Crippen molar-refractivity contribution in [3.05, 3.63) is 59.7 Å². The van der Waals surface area contributed by atoms with Gasteiger partial charge in [0.05, 0.1) is 18.6 Å². The largest absolute Gasteiger partial charge is 0.379 e. The van der Waals surface area contributed by atoms with Crippen LogP contribution in [0.25, 0.3) is 11.1 Å². The minimum Gasteiger partial charge on any atom is -0.379 e. The van der Waals surface area contributed by atoms with Gasteiger partial charge in [0.25, 0.3) is 0 Å². The Kier molecular flexibility index (Phi) is 7.92. The number of hydrogen-bond donors (Lipinski definition) is 0. The molecule has 8 nitrogen and oxygen atoms in total. The van der Waals surface area contributed by atoms with Gasteiger partial charge in [-0.25, -0.2) is 9.34 Å². The van der Waals surface area contributed by atoms with Crippen LogP contribution in [0.15, 0.2) is 48.5 Å². The molecule has 3 unspecified atom stereocenters. The maximum Gasteiger partial charge on any atom is 0.241 e. The number of ether oxygens (including phenoxy) is 2. The van der Waals surface area contributed by atoms with E-state index in [-0.39, 0.29) is 30.3 Å². The summed E-state index contributed by atoms with van der Waals surface area (Å²) in [5, 5.41) is 0. The van der Waals surface area contributed by atoms with E-state index in [2.05, 4.69) is 44.1 Å². The maximum absolute atomic E-state index is 14.1. The average molecular weight is 524 g/mol. The van der Waals surface area contributed by atoms with Crippen LogP contribution in [-0.2, 0) is 18.8 Å². The molecule has 2 saturated heterocycles. The number of fused-ring (bicyclic) bond motifs is 3. The van der Waals surface area contributed by atoms with Gasteiger partial charge in [-0.1, -0.05) is 48.5 Å². The molecule has 1 amide bonds. The first-order valence-corrected chi connectivity index (χ1v) is 15.0. The number of benzene rings is 2. The molecule has 0 N–H and O–H groups in total. The minimum absolute atomic E-state index is 0.0176. The van der Waals surface area contributed by atoms with Gasteiger partial charge in [0.15, 0.2) is 0 Å². The molecule has 2 aromatic rings. The van der Waals surface area contributed by atoms with Crippen molar-refractivity contribution in [2.24, 2.45) is 0 Å². The normalized spacial score (nSPS) is 24.6. The van der Waals surface area contributed by atoms with Gasteiger partial charge in [-0.3, -0.25) is 9.36 Å². The van der Waals surface area contributed by atoms with Crippen molar-refractivity contribution in [2.75, 3.05) is 73.4 Å². The Bertz CT molecular complexity index is 1120. The van der Waals surface area contributed by atoms with E-state index in [0.29, 0.717) is 32.8 Å². The third-order valence-electron chi connectivity index (χ3n) is 7.79. The van der Waals surface area contributed by atoms with Crippen molar-refractivity contribution in [3.63, 3.8) is 0 Å². The monoisotopic (exact) mass is 524 g/mol. The van der Waals surface area contributed by atoms with Crippen molar-refractivity contribution >= 4 is 21.2 Å². The lowest BCUT2D eigenvalue weighted by Gasteiger charge is -2.42. The number of hydrogen-bond acceptors (Lipinski definition) is 5. The van der Waals surface area contributed by atoms with E-state index in [1.165, 1.54) is 0 Å². The van der Waals surface area contributed by atoms with Gasteiger partial charge >= 0.3 is 0 Å². The first kappa shape index (κ1) is 26.6. The van der Waals surface area contributed by atoms with Crippen molar-refractivity contribution in [2.45, 2.75) is 18.0 Å². The molecule has 2 heterocycles. The molecule has 0 aromatic heterocycles. The Hall–Kier alpha value is -2.00. The second-order valence-electron chi connectivity index (χ2n) is 10.7. The Labute approximate surface area is 221 Å². The summed E-state index contributed by atoms with van der Waals surface area (Å²) in [5.41, 5.74) is 4.44. The minimum atomic E-state index is -2.92. The van der Waals surface area contributed by atoms with E-state index >= 15 is 0 Å². The van der Waals surface area contributed by atoms with Gasteiger partial charge in [-0.2, -0.15) is 0 Å². The van der Waals surface area contributed by atoms with E-state index < -0.39 is 7.44 Å². The number of morpholine rings is 1. The van der Waals surface area contributed by atoms with E-state index in [1.807, 2.05) is 47.9 Å². The summed E-state index contributed by atoms with van der Waals surface area (Å²) in [4.78, 5) is 18.0. The van der Waals surface area contributed by atoms with Gasteiger partial charge in [-0.15, -0.1) is 0 Å². The fourth-order valence-corrected chi connectivity index (χ4v) is 8.00. The Balaban J connectivity index is 1.22. The first-order chi connectivity index (χ1) is 17.8. The molecule has 3 atom stereocenters. The Morgan fingerprint density at radius 3 is 2.19 bits per heavy atom. The van der Waals surface area contributed by atoms with Crippen LogP contribution in [0.3, 0.4) is 0 Å². The van der Waals surface area contributed by atoms with Crippen LogP contribution in [0.1, 0.15) is 17.0 Å². The number of amides is 1. The van der Waals surface area contributed by atoms with Crippen LogP contribution < -0.4 is 0 Å². The topological polar surface area (TPSA) is 65.6 Å². The second-order valence-corrected chi connectivity index (χ2v) is 13.6. The zero-order valence-corrected chi connectivity index (χ0v) is 23.3. The van der Waals surface area contributed by atoms with E-state index in [4.69, 9.17) is 9.47 Å². The van der Waals surface area contributed by atoms with E-state index in [9.17, 15) is 9.36 Å². The smallest absolute Gasteiger partial charge is 0.241 e. The number of rotatable bonds is 7. The summed E-state index contributed by atoms with van der Waals surface area (Å²) < 4.78 is 29.9. The highest BCUT2D eigenvalue weighted by Crippen LogP contribution is 2.52. The summed E-state index contributed by atoms with van der Waals surface area (Å²) in [6.45, 7) is 4.35. The summed E-state index contributed by atoms with van der Waals surface area (Å²) in [7, 11) is 4.93. The molecule has 37 heavy (non-hydrogen) atoms. The lowest BCUT2D eigenvalue weighted by atomic mass is 9.95. The number of carbonyl (C=O) groups is 1. The van der Waals surface area contributed by atoms with Gasteiger partial charge in [0, 0.05) is 45.3 Å². The van der Waals surface area contributed by atoms with Gasteiger partial charge in [0.1, 0.15) is 14.2 Å². The fourth-order valence-electron chi connectivity index (χ4n) is 5.95. The van der Waals surface area contributed by atoms with Crippen LogP contribution in [0.4, 0.5) is 0 Å². The predicted molar refractivity (Wildman–Crippen MR) is 149 cm³/mol. The Morgan fingerprint density at radius 2 is 1.62 bits per heavy atom. The standard InChI is InChI=1S/C27H38BN4O4P/c1-29(2)37(34,19-35-18-20-16-30(3)17-25(28)36-20)32-14-12-31(13-15-32)27(33)26-23-10-6-4-8-21(23)22-9-5-7-11-24(22)26/h4-11,20,25-26H,12-19,28H2,1-3H3. The van der Waals surface area contributed by atoms with Crippen molar-refractivity contribution in [1.29, 1.82) is 0 Å². The summed E-state index contributed by atoms with van der Waals surface area (Å²) in [6.07, 6.45) is 0.130. The van der Waals surface area contributed by atoms with Gasteiger partial charge in [0.2, 0.25) is 13.4 Å². The molecule has 0 radical (unpaired) electrons. The molecule has 2 aromatic carbocycles. The molecule has 198 valence electrons. The molecular weight excluding hydrogens is 486 g/mol. The molecule has 10 heteroatoms. The number of carbonyl (C=O) groups excluding carboxylic acids is 1. The molecular formula is C27H38BN4O4P. The lowest BCUT2D eigenvalue weighted by Crippen LogP contribution is -2.50. The molecule has 0 saturated carbocycles. The van der Waals surface area contributed by atoms with Crippen LogP contribution in [0.5, 0.6) is 0 Å². The zero-order chi connectivity index (χ0) is 26.2. The molecule has 5 rings (SSSR count). The summed E-state index contributed by atoms with van der Waals surface area (Å²) in [5.74, 6) is -0.153. The highest BCUT2D eigenvalue weighted by atomic mass is 31.2. The number of likely N-dealkylation sites (N-methyl/N-ethyl adjacent to an activating group) is 1. The molecule has 3 aliphatic rings. The third-order valence-corrected chi connectivity index (χ3v) is 10.8. The highest BCUT2D eigenvalue weighted by molar-refractivity contribution is 7.58.